The molecule has 9 heavy (non-hydrogen) atoms. The topological polar surface area (TPSA) is 40.5 Å². The largest absolute Gasteiger partial charge is 0.396 e. The van der Waals surface area contributed by atoms with Gasteiger partial charge in [0.15, 0.2) is 0 Å². The summed E-state index contributed by atoms with van der Waals surface area (Å²) >= 11 is 0. The van der Waals surface area contributed by atoms with E-state index in [1.807, 2.05) is 6.92 Å². The fourth-order valence-corrected chi connectivity index (χ4v) is 0.696. The van der Waals surface area contributed by atoms with E-state index in [-0.39, 0.29) is 12.7 Å². The van der Waals surface area contributed by atoms with Crippen LogP contribution in [0, 0.1) is 0 Å². The van der Waals surface area contributed by atoms with Crippen molar-refractivity contribution in [2.45, 2.75) is 38.7 Å². The van der Waals surface area contributed by atoms with Gasteiger partial charge < -0.3 is 10.2 Å². The molecule has 0 heterocycles. The Morgan fingerprint density at radius 1 is 1.33 bits per heavy atom. The molecule has 0 aromatic carbocycles. The molecule has 0 fully saturated rings. The molecule has 0 spiro atoms. The predicted octanol–water partition coefficient (Wildman–Crippen LogP) is 0.920. The highest BCUT2D eigenvalue weighted by molar-refractivity contribution is 4.51. The van der Waals surface area contributed by atoms with Gasteiger partial charge in [-0.25, -0.2) is 0 Å². The van der Waals surface area contributed by atoms with E-state index < -0.39 is 0 Å². The molecule has 56 valence electrons. The number of hydrogen-bond acceptors (Lipinski definition) is 2. The zero-order valence-corrected chi connectivity index (χ0v) is 6.01. The zero-order valence-electron chi connectivity index (χ0n) is 6.01. The van der Waals surface area contributed by atoms with Gasteiger partial charge in [-0.05, 0) is 25.7 Å². The van der Waals surface area contributed by atoms with E-state index in [9.17, 15) is 0 Å². The van der Waals surface area contributed by atoms with E-state index in [1.165, 1.54) is 0 Å². The summed E-state index contributed by atoms with van der Waals surface area (Å²) in [7, 11) is 0. The Balaban J connectivity index is 2.88. The number of aliphatic hydroxyl groups excluding tert-OH is 2. The number of unbranched alkanes of at least 4 members (excludes halogenated alkanes) is 1. The van der Waals surface area contributed by atoms with Crippen LogP contribution in [-0.4, -0.2) is 22.9 Å². The summed E-state index contributed by atoms with van der Waals surface area (Å²) in [6.07, 6.45) is 3.25. The smallest absolute Gasteiger partial charge is 0.0537 e. The van der Waals surface area contributed by atoms with Crippen LogP contribution in [0.4, 0.5) is 0 Å². The number of hydrogen-bond donors (Lipinski definition) is 2. The first kappa shape index (κ1) is 8.92. The summed E-state index contributed by atoms with van der Waals surface area (Å²) in [5.41, 5.74) is 0. The Bertz CT molecular complexity index is 54.9. The van der Waals surface area contributed by atoms with E-state index in [0.717, 1.165) is 25.7 Å². The van der Waals surface area contributed by atoms with Crippen LogP contribution in [0.5, 0.6) is 0 Å². The Labute approximate surface area is 56.5 Å². The van der Waals surface area contributed by atoms with E-state index >= 15 is 0 Å². The van der Waals surface area contributed by atoms with Gasteiger partial charge in [0.2, 0.25) is 0 Å². The average molecular weight is 132 g/mol. The van der Waals surface area contributed by atoms with Gasteiger partial charge in [-0.1, -0.05) is 6.92 Å². The maximum Gasteiger partial charge on any atom is 0.0537 e. The monoisotopic (exact) mass is 132 g/mol. The Kier molecular flexibility index (Phi) is 5.99. The standard InChI is InChI=1S/C7H16O2/c1-2-7(9)5-3-4-6-8/h7-9H,2-6H2,1H3/t7-/m0/s1. The van der Waals surface area contributed by atoms with Crippen molar-refractivity contribution in [1.29, 1.82) is 0 Å². The van der Waals surface area contributed by atoms with Crippen LogP contribution in [0.3, 0.4) is 0 Å². The minimum atomic E-state index is -0.156. The highest BCUT2D eigenvalue weighted by Crippen LogP contribution is 2.02. The van der Waals surface area contributed by atoms with E-state index in [4.69, 9.17) is 10.2 Å². The van der Waals surface area contributed by atoms with Gasteiger partial charge >= 0.3 is 0 Å². The molecule has 0 rings (SSSR count). The van der Waals surface area contributed by atoms with Crippen LogP contribution >= 0.6 is 0 Å². The van der Waals surface area contributed by atoms with Crippen molar-refractivity contribution in [3.8, 4) is 0 Å². The third kappa shape index (κ3) is 5.80. The lowest BCUT2D eigenvalue weighted by molar-refractivity contribution is 0.153. The van der Waals surface area contributed by atoms with Crippen LogP contribution in [0.1, 0.15) is 32.6 Å². The van der Waals surface area contributed by atoms with Gasteiger partial charge in [0, 0.05) is 6.61 Å². The second kappa shape index (κ2) is 6.05. The number of aliphatic hydroxyl groups is 2. The summed E-state index contributed by atoms with van der Waals surface area (Å²) in [5, 5.41) is 17.4. The van der Waals surface area contributed by atoms with Gasteiger partial charge in [0.25, 0.3) is 0 Å². The SMILES string of the molecule is CC[C@H](O)CCCCO. The molecule has 0 aliphatic carbocycles. The minimum Gasteiger partial charge on any atom is -0.396 e. The third-order valence-corrected chi connectivity index (χ3v) is 1.42. The molecule has 0 aromatic heterocycles. The summed E-state index contributed by atoms with van der Waals surface area (Å²) in [6, 6.07) is 0. The lowest BCUT2D eigenvalue weighted by Crippen LogP contribution is -2.03. The van der Waals surface area contributed by atoms with Crippen molar-refractivity contribution in [3.63, 3.8) is 0 Å². The molecular formula is C7H16O2. The number of rotatable bonds is 5. The summed E-state index contributed by atoms with van der Waals surface area (Å²) in [6.45, 7) is 2.21. The van der Waals surface area contributed by atoms with E-state index in [1.54, 1.807) is 0 Å². The fraction of sp³-hybridized carbons (Fsp3) is 1.00. The summed E-state index contributed by atoms with van der Waals surface area (Å²) in [4.78, 5) is 0. The minimum absolute atomic E-state index is 0.156. The van der Waals surface area contributed by atoms with Gasteiger partial charge in [0.1, 0.15) is 0 Å². The van der Waals surface area contributed by atoms with E-state index in [0.29, 0.717) is 0 Å². The highest BCUT2D eigenvalue weighted by atomic mass is 16.3. The Hall–Kier alpha value is -0.0800. The van der Waals surface area contributed by atoms with Gasteiger partial charge in [-0.2, -0.15) is 0 Å². The molecular weight excluding hydrogens is 116 g/mol. The van der Waals surface area contributed by atoms with Gasteiger partial charge in [0.05, 0.1) is 6.10 Å². The molecule has 2 heteroatoms. The first-order valence-corrected chi connectivity index (χ1v) is 3.60. The van der Waals surface area contributed by atoms with Crippen LogP contribution in [0.2, 0.25) is 0 Å². The maximum atomic E-state index is 9.00. The molecule has 1 atom stereocenters. The zero-order chi connectivity index (χ0) is 7.11. The first-order chi connectivity index (χ1) is 4.31. The quantitative estimate of drug-likeness (QED) is 0.546. The van der Waals surface area contributed by atoms with Crippen molar-refractivity contribution >= 4 is 0 Å². The van der Waals surface area contributed by atoms with Crippen LogP contribution in [0.15, 0.2) is 0 Å². The lowest BCUT2D eigenvalue weighted by Gasteiger charge is -2.04. The molecule has 2 N–H and O–H groups in total. The van der Waals surface area contributed by atoms with Crippen molar-refractivity contribution in [2.75, 3.05) is 6.61 Å². The van der Waals surface area contributed by atoms with Crippen molar-refractivity contribution in [3.05, 3.63) is 0 Å². The second-order valence-electron chi connectivity index (χ2n) is 2.28. The predicted molar refractivity (Wildman–Crippen MR) is 37.2 cm³/mol. The Morgan fingerprint density at radius 2 is 2.00 bits per heavy atom. The molecule has 2 nitrogen and oxygen atoms in total. The molecule has 0 amide bonds. The molecule has 0 bridgehead atoms. The van der Waals surface area contributed by atoms with Crippen LogP contribution < -0.4 is 0 Å². The van der Waals surface area contributed by atoms with Gasteiger partial charge in [-0.15, -0.1) is 0 Å². The third-order valence-electron chi connectivity index (χ3n) is 1.42. The van der Waals surface area contributed by atoms with Crippen LogP contribution in [0.25, 0.3) is 0 Å². The Morgan fingerprint density at radius 3 is 2.44 bits per heavy atom. The van der Waals surface area contributed by atoms with Crippen molar-refractivity contribution in [1.82, 2.24) is 0 Å². The van der Waals surface area contributed by atoms with Crippen molar-refractivity contribution < 1.29 is 10.2 Å². The van der Waals surface area contributed by atoms with Crippen molar-refractivity contribution in [2.24, 2.45) is 0 Å². The normalized spacial score (nSPS) is 13.7. The second-order valence-corrected chi connectivity index (χ2v) is 2.28. The average Bonchev–Trinajstić information content (AvgIpc) is 1.89. The van der Waals surface area contributed by atoms with E-state index in [2.05, 4.69) is 0 Å². The van der Waals surface area contributed by atoms with Crippen LogP contribution in [-0.2, 0) is 0 Å². The summed E-state index contributed by atoms with van der Waals surface area (Å²) < 4.78 is 0. The molecule has 0 unspecified atom stereocenters. The molecule has 0 aliphatic heterocycles. The molecule has 0 saturated heterocycles. The summed E-state index contributed by atoms with van der Waals surface area (Å²) in [5.74, 6) is 0. The molecule has 0 aromatic rings. The fourth-order valence-electron chi connectivity index (χ4n) is 0.696. The lowest BCUT2D eigenvalue weighted by atomic mass is 10.1. The molecule has 0 aliphatic rings. The highest BCUT2D eigenvalue weighted by Gasteiger charge is 1.97. The first-order valence-electron chi connectivity index (χ1n) is 3.60. The maximum absolute atomic E-state index is 9.00. The molecule has 0 radical (unpaired) electrons. The van der Waals surface area contributed by atoms with Gasteiger partial charge in [-0.3, -0.25) is 0 Å². The molecule has 0 saturated carbocycles.